The fourth-order valence-electron chi connectivity index (χ4n) is 2.97. The molecule has 0 bridgehead atoms. The van der Waals surface area contributed by atoms with Gasteiger partial charge in [0.1, 0.15) is 0 Å². The van der Waals surface area contributed by atoms with Crippen LogP contribution in [-0.4, -0.2) is 36.1 Å². The Morgan fingerprint density at radius 3 is 2.96 bits per heavy atom. The molecular formula is C19H25N3O3S. The number of nitrogens with one attached hydrogen (secondary N) is 2. The van der Waals surface area contributed by atoms with Crippen LogP contribution in [0.1, 0.15) is 44.6 Å². The predicted molar refractivity (Wildman–Crippen MR) is 103 cm³/mol. The SMILES string of the molecule is CCCC(=O)Nc1nc2ccc(CCC(=O)NCC3CCCO3)cc2s1. The molecule has 1 aliphatic heterocycles. The van der Waals surface area contributed by atoms with Gasteiger partial charge in [-0.05, 0) is 43.4 Å². The Morgan fingerprint density at radius 2 is 2.19 bits per heavy atom. The number of rotatable bonds is 8. The topological polar surface area (TPSA) is 80.3 Å². The molecule has 2 N–H and O–H groups in total. The highest BCUT2D eigenvalue weighted by Crippen LogP contribution is 2.27. The highest BCUT2D eigenvalue weighted by atomic mass is 32.1. The van der Waals surface area contributed by atoms with E-state index in [4.69, 9.17) is 4.74 Å². The first-order valence-electron chi connectivity index (χ1n) is 9.21. The van der Waals surface area contributed by atoms with Gasteiger partial charge in [0.25, 0.3) is 0 Å². The summed E-state index contributed by atoms with van der Waals surface area (Å²) in [6.07, 6.45) is 4.74. The van der Waals surface area contributed by atoms with Crippen molar-refractivity contribution in [2.45, 2.75) is 51.6 Å². The summed E-state index contributed by atoms with van der Waals surface area (Å²) >= 11 is 1.47. The van der Waals surface area contributed by atoms with E-state index in [9.17, 15) is 9.59 Å². The van der Waals surface area contributed by atoms with Gasteiger partial charge in [0.15, 0.2) is 5.13 Å². The molecule has 1 atom stereocenters. The maximum atomic E-state index is 12.0. The molecule has 1 saturated heterocycles. The van der Waals surface area contributed by atoms with Crippen LogP contribution in [0.2, 0.25) is 0 Å². The summed E-state index contributed by atoms with van der Waals surface area (Å²) in [6.45, 7) is 3.38. The maximum Gasteiger partial charge on any atom is 0.226 e. The third-order valence-electron chi connectivity index (χ3n) is 4.37. The highest BCUT2D eigenvalue weighted by molar-refractivity contribution is 7.22. The van der Waals surface area contributed by atoms with E-state index in [0.717, 1.165) is 41.6 Å². The van der Waals surface area contributed by atoms with Gasteiger partial charge in [0.05, 0.1) is 16.3 Å². The highest BCUT2D eigenvalue weighted by Gasteiger charge is 2.16. The fraction of sp³-hybridized carbons (Fsp3) is 0.526. The van der Waals surface area contributed by atoms with Gasteiger partial charge in [-0.1, -0.05) is 24.3 Å². The van der Waals surface area contributed by atoms with Crippen molar-refractivity contribution in [1.82, 2.24) is 10.3 Å². The Bertz CT molecular complexity index is 768. The average Bonchev–Trinajstić information content (AvgIpc) is 3.26. The zero-order valence-electron chi connectivity index (χ0n) is 15.0. The number of carbonyl (C=O) groups is 2. The Morgan fingerprint density at radius 1 is 1.31 bits per heavy atom. The molecule has 0 aliphatic carbocycles. The van der Waals surface area contributed by atoms with E-state index in [2.05, 4.69) is 21.7 Å². The number of hydrogen-bond acceptors (Lipinski definition) is 5. The Balaban J connectivity index is 1.51. The van der Waals surface area contributed by atoms with Crippen molar-refractivity contribution in [3.05, 3.63) is 23.8 Å². The summed E-state index contributed by atoms with van der Waals surface area (Å²) < 4.78 is 6.53. The summed E-state index contributed by atoms with van der Waals surface area (Å²) in [7, 11) is 0. The van der Waals surface area contributed by atoms with Gasteiger partial charge < -0.3 is 15.4 Å². The second-order valence-electron chi connectivity index (χ2n) is 6.56. The molecule has 2 amide bonds. The number of anilines is 1. The lowest BCUT2D eigenvalue weighted by Crippen LogP contribution is -2.31. The lowest BCUT2D eigenvalue weighted by Gasteiger charge is -2.10. The van der Waals surface area contributed by atoms with E-state index < -0.39 is 0 Å². The lowest BCUT2D eigenvalue weighted by atomic mass is 10.1. The standard InChI is InChI=1S/C19H25N3O3S/c1-2-4-18(24)22-19-21-15-8-6-13(11-16(15)26-19)7-9-17(23)20-12-14-5-3-10-25-14/h6,8,11,14H,2-5,7,9-10,12H2,1H3,(H,20,23)(H,21,22,24). The Labute approximate surface area is 157 Å². The third kappa shape index (κ3) is 5.25. The first-order valence-corrected chi connectivity index (χ1v) is 10.0. The van der Waals surface area contributed by atoms with Gasteiger partial charge in [0, 0.05) is 26.0 Å². The molecule has 1 aromatic heterocycles. The van der Waals surface area contributed by atoms with Gasteiger partial charge in [-0.25, -0.2) is 4.98 Å². The van der Waals surface area contributed by atoms with Crippen LogP contribution in [-0.2, 0) is 20.7 Å². The molecule has 1 fully saturated rings. The van der Waals surface area contributed by atoms with E-state index >= 15 is 0 Å². The molecule has 1 aliphatic rings. The Hall–Kier alpha value is -1.99. The van der Waals surface area contributed by atoms with Gasteiger partial charge in [-0.15, -0.1) is 0 Å². The molecule has 0 radical (unpaired) electrons. The molecule has 7 heteroatoms. The van der Waals surface area contributed by atoms with Crippen LogP contribution in [0.15, 0.2) is 18.2 Å². The second-order valence-corrected chi connectivity index (χ2v) is 7.59. The van der Waals surface area contributed by atoms with Crippen LogP contribution in [0.25, 0.3) is 10.2 Å². The summed E-state index contributed by atoms with van der Waals surface area (Å²) in [4.78, 5) is 28.1. The normalized spacial score (nSPS) is 16.7. The van der Waals surface area contributed by atoms with E-state index in [0.29, 0.717) is 30.9 Å². The summed E-state index contributed by atoms with van der Waals surface area (Å²) in [5.74, 6) is 0.0483. The number of ether oxygens (including phenoxy) is 1. The van der Waals surface area contributed by atoms with Crippen molar-refractivity contribution >= 4 is 38.5 Å². The number of hydrogen-bond donors (Lipinski definition) is 2. The summed E-state index contributed by atoms with van der Waals surface area (Å²) in [5.41, 5.74) is 1.97. The number of nitrogens with zero attached hydrogens (tertiary/aromatic N) is 1. The van der Waals surface area contributed by atoms with E-state index in [1.54, 1.807) is 0 Å². The number of benzene rings is 1. The lowest BCUT2D eigenvalue weighted by molar-refractivity contribution is -0.121. The van der Waals surface area contributed by atoms with Crippen molar-refractivity contribution in [1.29, 1.82) is 0 Å². The smallest absolute Gasteiger partial charge is 0.226 e. The van der Waals surface area contributed by atoms with Crippen molar-refractivity contribution < 1.29 is 14.3 Å². The predicted octanol–water partition coefficient (Wildman–Crippen LogP) is 3.26. The second kappa shape index (κ2) is 9.09. The van der Waals surface area contributed by atoms with E-state index in [1.807, 2.05) is 19.1 Å². The number of amides is 2. The number of aryl methyl sites for hydroxylation is 1. The van der Waals surface area contributed by atoms with Gasteiger partial charge in [-0.3, -0.25) is 9.59 Å². The van der Waals surface area contributed by atoms with Gasteiger partial charge >= 0.3 is 0 Å². The average molecular weight is 375 g/mol. The number of fused-ring (bicyclic) bond motifs is 1. The van der Waals surface area contributed by atoms with Crippen molar-refractivity contribution in [2.24, 2.45) is 0 Å². The van der Waals surface area contributed by atoms with Crippen LogP contribution in [0.3, 0.4) is 0 Å². The molecule has 3 rings (SSSR count). The number of carbonyl (C=O) groups excluding carboxylic acids is 2. The monoisotopic (exact) mass is 375 g/mol. The minimum atomic E-state index is -0.00491. The zero-order valence-corrected chi connectivity index (χ0v) is 15.9. The number of aromatic nitrogens is 1. The fourth-order valence-corrected chi connectivity index (χ4v) is 3.91. The zero-order chi connectivity index (χ0) is 18.4. The van der Waals surface area contributed by atoms with Crippen molar-refractivity contribution in [3.63, 3.8) is 0 Å². The molecular weight excluding hydrogens is 350 g/mol. The molecule has 26 heavy (non-hydrogen) atoms. The molecule has 0 spiro atoms. The Kier molecular flexibility index (Phi) is 6.57. The third-order valence-corrected chi connectivity index (χ3v) is 5.30. The minimum absolute atomic E-state index is 0.00491. The van der Waals surface area contributed by atoms with E-state index in [1.165, 1.54) is 11.3 Å². The number of thiazole rings is 1. The van der Waals surface area contributed by atoms with Crippen molar-refractivity contribution in [2.75, 3.05) is 18.5 Å². The van der Waals surface area contributed by atoms with Crippen LogP contribution in [0.5, 0.6) is 0 Å². The maximum absolute atomic E-state index is 12.0. The van der Waals surface area contributed by atoms with Crippen LogP contribution < -0.4 is 10.6 Å². The molecule has 2 aromatic rings. The quantitative estimate of drug-likeness (QED) is 0.742. The molecule has 1 unspecified atom stereocenters. The molecule has 0 saturated carbocycles. The summed E-state index contributed by atoms with van der Waals surface area (Å²) in [6, 6.07) is 5.99. The molecule has 6 nitrogen and oxygen atoms in total. The molecule has 2 heterocycles. The largest absolute Gasteiger partial charge is 0.376 e. The van der Waals surface area contributed by atoms with Crippen LogP contribution in [0, 0.1) is 0 Å². The van der Waals surface area contributed by atoms with Crippen LogP contribution >= 0.6 is 11.3 Å². The molecule has 1 aromatic carbocycles. The first-order chi connectivity index (χ1) is 12.6. The summed E-state index contributed by atoms with van der Waals surface area (Å²) in [5, 5.41) is 6.42. The van der Waals surface area contributed by atoms with Crippen LogP contribution in [0.4, 0.5) is 5.13 Å². The van der Waals surface area contributed by atoms with Gasteiger partial charge in [0.2, 0.25) is 11.8 Å². The first kappa shape index (κ1) is 18.8. The van der Waals surface area contributed by atoms with Gasteiger partial charge in [-0.2, -0.15) is 0 Å². The van der Waals surface area contributed by atoms with E-state index in [-0.39, 0.29) is 17.9 Å². The minimum Gasteiger partial charge on any atom is -0.376 e. The van der Waals surface area contributed by atoms with Crippen molar-refractivity contribution in [3.8, 4) is 0 Å². The molecule has 140 valence electrons.